The summed E-state index contributed by atoms with van der Waals surface area (Å²) in [6.07, 6.45) is 2.73. The van der Waals surface area contributed by atoms with Crippen molar-refractivity contribution >= 4 is 5.78 Å². The Morgan fingerprint density at radius 3 is 2.75 bits per heavy atom. The average molecular weight is 272 g/mol. The maximum Gasteiger partial charge on any atom is 0.149 e. The molecule has 0 fully saturated rings. The van der Waals surface area contributed by atoms with Crippen molar-refractivity contribution in [3.8, 4) is 0 Å². The summed E-state index contributed by atoms with van der Waals surface area (Å²) < 4.78 is 1.79. The minimum absolute atomic E-state index is 0.0871. The second-order valence-electron chi connectivity index (χ2n) is 4.74. The number of hydrogen-bond acceptors (Lipinski definition) is 4. The molecule has 1 aromatic heterocycles. The quantitative estimate of drug-likeness (QED) is 0.829. The van der Waals surface area contributed by atoms with E-state index in [2.05, 4.69) is 17.0 Å². The van der Waals surface area contributed by atoms with Crippen LogP contribution >= 0.6 is 0 Å². The van der Waals surface area contributed by atoms with E-state index in [0.717, 1.165) is 18.5 Å². The van der Waals surface area contributed by atoms with Crippen LogP contribution in [0.5, 0.6) is 0 Å². The molecule has 0 saturated carbocycles. The number of rotatable bonds is 7. The van der Waals surface area contributed by atoms with Gasteiger partial charge in [-0.05, 0) is 12.0 Å². The predicted molar refractivity (Wildman–Crippen MR) is 77.3 cm³/mol. The van der Waals surface area contributed by atoms with Crippen molar-refractivity contribution in [2.45, 2.75) is 32.2 Å². The first-order valence-electron chi connectivity index (χ1n) is 6.90. The van der Waals surface area contributed by atoms with Gasteiger partial charge in [0.2, 0.25) is 0 Å². The van der Waals surface area contributed by atoms with Gasteiger partial charge in [-0.15, -0.1) is 0 Å². The summed E-state index contributed by atoms with van der Waals surface area (Å²) >= 11 is 0. The number of hydrogen-bond donors (Lipinski definition) is 1. The van der Waals surface area contributed by atoms with Gasteiger partial charge >= 0.3 is 0 Å². The Labute approximate surface area is 118 Å². The van der Waals surface area contributed by atoms with Gasteiger partial charge in [0.25, 0.3) is 0 Å². The molecule has 0 aliphatic rings. The molecule has 5 heteroatoms. The Balaban J connectivity index is 2.12. The van der Waals surface area contributed by atoms with E-state index in [1.807, 2.05) is 30.3 Å². The summed E-state index contributed by atoms with van der Waals surface area (Å²) in [7, 11) is 0. The number of ketones is 1. The molecule has 20 heavy (non-hydrogen) atoms. The van der Waals surface area contributed by atoms with Gasteiger partial charge in [0.05, 0.1) is 12.3 Å². The van der Waals surface area contributed by atoms with Crippen LogP contribution in [0.15, 0.2) is 36.7 Å². The topological polar surface area (TPSA) is 73.8 Å². The fraction of sp³-hybridized carbons (Fsp3) is 0.400. The largest absolute Gasteiger partial charge is 0.329 e. The minimum Gasteiger partial charge on any atom is -0.329 e. The van der Waals surface area contributed by atoms with Gasteiger partial charge in [0.15, 0.2) is 0 Å². The summed E-state index contributed by atoms with van der Waals surface area (Å²) in [4.78, 5) is 16.6. The third-order valence-electron chi connectivity index (χ3n) is 3.29. The lowest BCUT2D eigenvalue weighted by atomic mass is 9.93. The molecule has 5 nitrogen and oxygen atoms in total. The summed E-state index contributed by atoms with van der Waals surface area (Å²) in [5.74, 6) is 0.526. The lowest BCUT2D eigenvalue weighted by Gasteiger charge is -2.14. The predicted octanol–water partition coefficient (Wildman–Crippen LogP) is 1.54. The molecule has 2 rings (SSSR count). The lowest BCUT2D eigenvalue weighted by molar-refractivity contribution is -0.119. The molecule has 1 aromatic carbocycles. The van der Waals surface area contributed by atoms with Crippen LogP contribution < -0.4 is 5.73 Å². The molecule has 0 saturated heterocycles. The minimum atomic E-state index is -0.275. The summed E-state index contributed by atoms with van der Waals surface area (Å²) in [5.41, 5.74) is 6.73. The number of aryl methyl sites for hydroxylation is 1. The normalized spacial score (nSPS) is 12.3. The Bertz CT molecular complexity index is 550. The third kappa shape index (κ3) is 3.30. The van der Waals surface area contributed by atoms with Gasteiger partial charge in [-0.25, -0.2) is 9.67 Å². The van der Waals surface area contributed by atoms with Crippen LogP contribution in [0.25, 0.3) is 0 Å². The van der Waals surface area contributed by atoms with E-state index >= 15 is 0 Å². The van der Waals surface area contributed by atoms with E-state index < -0.39 is 0 Å². The van der Waals surface area contributed by atoms with Crippen LogP contribution in [-0.4, -0.2) is 27.1 Å². The first-order valence-corrected chi connectivity index (χ1v) is 6.90. The molecule has 1 unspecified atom stereocenters. The second kappa shape index (κ2) is 6.96. The van der Waals surface area contributed by atoms with Crippen LogP contribution in [0, 0.1) is 0 Å². The fourth-order valence-electron chi connectivity index (χ4n) is 2.24. The van der Waals surface area contributed by atoms with E-state index in [0.29, 0.717) is 12.4 Å². The van der Waals surface area contributed by atoms with E-state index in [1.54, 1.807) is 4.68 Å². The van der Waals surface area contributed by atoms with Crippen LogP contribution in [0.3, 0.4) is 0 Å². The zero-order valence-electron chi connectivity index (χ0n) is 11.7. The smallest absolute Gasteiger partial charge is 0.149 e. The number of nitrogens with zero attached hydrogens (tertiary/aromatic N) is 3. The third-order valence-corrected chi connectivity index (χ3v) is 3.29. The number of Topliss-reactive ketones (excluding diaryl/α,β-unsaturated/α-hetero) is 1. The summed E-state index contributed by atoms with van der Waals surface area (Å²) in [5, 5.41) is 4.14. The molecule has 0 radical (unpaired) electrons. The molecule has 0 aliphatic heterocycles. The average Bonchev–Trinajstić information content (AvgIpc) is 2.88. The van der Waals surface area contributed by atoms with Gasteiger partial charge in [0, 0.05) is 13.1 Å². The molecular formula is C15H20N4O. The van der Waals surface area contributed by atoms with Gasteiger partial charge < -0.3 is 5.73 Å². The highest BCUT2D eigenvalue weighted by atomic mass is 16.1. The molecule has 1 heterocycles. The van der Waals surface area contributed by atoms with E-state index in [1.165, 1.54) is 6.33 Å². The standard InChI is InChI=1S/C15H20N4O/c1-2-8-19-15(17-11-18-19)9-14(20)13(10-16)12-6-4-3-5-7-12/h3-7,11,13H,2,8-10,16H2,1H3. The van der Waals surface area contributed by atoms with Gasteiger partial charge in [-0.1, -0.05) is 37.3 Å². The molecule has 1 atom stereocenters. The second-order valence-corrected chi connectivity index (χ2v) is 4.74. The van der Waals surface area contributed by atoms with Crippen molar-refractivity contribution < 1.29 is 4.79 Å². The fourth-order valence-corrected chi connectivity index (χ4v) is 2.24. The highest BCUT2D eigenvalue weighted by Gasteiger charge is 2.21. The van der Waals surface area contributed by atoms with Crippen LogP contribution in [0.2, 0.25) is 0 Å². The summed E-state index contributed by atoms with van der Waals surface area (Å²) in [6.45, 7) is 3.16. The molecule has 0 bridgehead atoms. The Morgan fingerprint density at radius 2 is 2.10 bits per heavy atom. The number of benzene rings is 1. The molecule has 0 aliphatic carbocycles. The Hall–Kier alpha value is -2.01. The highest BCUT2D eigenvalue weighted by molar-refractivity contribution is 5.87. The van der Waals surface area contributed by atoms with Crippen molar-refractivity contribution in [2.75, 3.05) is 6.54 Å². The monoisotopic (exact) mass is 272 g/mol. The maximum absolute atomic E-state index is 12.4. The number of nitrogens with two attached hydrogens (primary N) is 1. The van der Waals surface area contributed by atoms with Crippen LogP contribution in [0.4, 0.5) is 0 Å². The molecule has 106 valence electrons. The molecule has 0 spiro atoms. The van der Waals surface area contributed by atoms with E-state index in [4.69, 9.17) is 5.73 Å². The first kappa shape index (κ1) is 14.4. The van der Waals surface area contributed by atoms with E-state index in [-0.39, 0.29) is 18.1 Å². The molecular weight excluding hydrogens is 252 g/mol. The Kier molecular flexibility index (Phi) is 5.01. The number of carbonyl (C=O) groups excluding carboxylic acids is 1. The molecule has 0 amide bonds. The molecule has 2 N–H and O–H groups in total. The van der Waals surface area contributed by atoms with Gasteiger partial charge in [-0.3, -0.25) is 4.79 Å². The van der Waals surface area contributed by atoms with E-state index in [9.17, 15) is 4.79 Å². The van der Waals surface area contributed by atoms with Gasteiger partial charge in [-0.2, -0.15) is 5.10 Å². The van der Waals surface area contributed by atoms with Gasteiger partial charge in [0.1, 0.15) is 17.9 Å². The van der Waals surface area contributed by atoms with Crippen molar-refractivity contribution in [1.29, 1.82) is 0 Å². The van der Waals surface area contributed by atoms with Crippen molar-refractivity contribution in [2.24, 2.45) is 5.73 Å². The van der Waals surface area contributed by atoms with Crippen molar-refractivity contribution in [3.05, 3.63) is 48.0 Å². The van der Waals surface area contributed by atoms with Crippen molar-refractivity contribution in [3.63, 3.8) is 0 Å². The maximum atomic E-state index is 12.4. The zero-order valence-corrected chi connectivity index (χ0v) is 11.7. The highest BCUT2D eigenvalue weighted by Crippen LogP contribution is 2.17. The summed E-state index contributed by atoms with van der Waals surface area (Å²) in [6, 6.07) is 9.65. The van der Waals surface area contributed by atoms with Crippen molar-refractivity contribution in [1.82, 2.24) is 14.8 Å². The SMILES string of the molecule is CCCn1ncnc1CC(=O)C(CN)c1ccccc1. The first-order chi connectivity index (χ1) is 9.76. The van der Waals surface area contributed by atoms with Crippen LogP contribution in [0.1, 0.15) is 30.7 Å². The molecule has 2 aromatic rings. The Morgan fingerprint density at radius 1 is 1.35 bits per heavy atom. The number of carbonyl (C=O) groups is 1. The lowest BCUT2D eigenvalue weighted by Crippen LogP contribution is -2.24. The number of aromatic nitrogens is 3. The zero-order chi connectivity index (χ0) is 14.4. The van der Waals surface area contributed by atoms with Crippen LogP contribution in [-0.2, 0) is 17.8 Å².